The Morgan fingerprint density at radius 2 is 2.14 bits per heavy atom. The van der Waals surface area contributed by atoms with Crippen molar-refractivity contribution in [2.45, 2.75) is 19.4 Å². The van der Waals surface area contributed by atoms with Gasteiger partial charge in [0.05, 0.1) is 5.69 Å². The maximum absolute atomic E-state index is 5.48. The second kappa shape index (κ2) is 8.32. The monoisotopic (exact) mass is 321 g/mol. The Labute approximate surface area is 138 Å². The van der Waals surface area contributed by atoms with E-state index in [4.69, 9.17) is 4.52 Å². The molecule has 0 saturated carbocycles. The van der Waals surface area contributed by atoms with Gasteiger partial charge in [-0.2, -0.15) is 0 Å². The van der Waals surface area contributed by atoms with Gasteiger partial charge in [-0.1, -0.05) is 35.5 Å². The fraction of sp³-hybridized carbons (Fsp3) is 0.471. The predicted molar refractivity (Wildman–Crippen MR) is 91.1 cm³/mol. The molecule has 2 heterocycles. The molecule has 0 aliphatic carbocycles. The number of halogens is 1. The van der Waals surface area contributed by atoms with Crippen molar-refractivity contribution in [3.8, 4) is 11.3 Å². The maximum Gasteiger partial charge on any atom is 0.167 e. The number of likely N-dealkylation sites (tertiary alicyclic amines) is 1. The number of piperidine rings is 1. The van der Waals surface area contributed by atoms with Gasteiger partial charge in [0, 0.05) is 24.7 Å². The molecule has 1 aliphatic heterocycles. The van der Waals surface area contributed by atoms with Crippen molar-refractivity contribution < 1.29 is 4.52 Å². The summed E-state index contributed by atoms with van der Waals surface area (Å²) in [5.74, 6) is 1.61. The number of benzene rings is 1. The molecule has 22 heavy (non-hydrogen) atoms. The summed E-state index contributed by atoms with van der Waals surface area (Å²) in [7, 11) is 2.03. The Kier molecular flexibility index (Phi) is 6.43. The molecule has 5 heteroatoms. The molecular weight excluding hydrogens is 298 g/mol. The number of aromatic nitrogens is 1. The normalized spacial score (nSPS) is 18.9. The molecule has 1 atom stereocenters. The third kappa shape index (κ3) is 4.32. The molecule has 2 aromatic rings. The SMILES string of the molecule is CNCC1CCCN(Cc2cc(-c3ccccc3)on2)C1.Cl. The summed E-state index contributed by atoms with van der Waals surface area (Å²) in [6.07, 6.45) is 2.60. The van der Waals surface area contributed by atoms with Gasteiger partial charge in [-0.3, -0.25) is 4.90 Å². The Bertz CT molecular complexity index is 556. The zero-order valence-electron chi connectivity index (χ0n) is 13.0. The highest BCUT2D eigenvalue weighted by molar-refractivity contribution is 5.85. The minimum Gasteiger partial charge on any atom is -0.356 e. The van der Waals surface area contributed by atoms with Crippen molar-refractivity contribution in [3.63, 3.8) is 0 Å². The van der Waals surface area contributed by atoms with Crippen LogP contribution in [0, 0.1) is 5.92 Å². The van der Waals surface area contributed by atoms with Crippen LogP contribution in [0.3, 0.4) is 0 Å². The minimum absolute atomic E-state index is 0. The average molecular weight is 322 g/mol. The molecule has 1 saturated heterocycles. The predicted octanol–water partition coefficient (Wildman–Crippen LogP) is 3.19. The van der Waals surface area contributed by atoms with Crippen LogP contribution in [-0.4, -0.2) is 36.7 Å². The van der Waals surface area contributed by atoms with E-state index < -0.39 is 0 Å². The fourth-order valence-electron chi connectivity index (χ4n) is 3.10. The van der Waals surface area contributed by atoms with E-state index in [1.54, 1.807) is 0 Å². The van der Waals surface area contributed by atoms with E-state index in [0.29, 0.717) is 0 Å². The summed E-state index contributed by atoms with van der Waals surface area (Å²) in [4.78, 5) is 2.48. The third-order valence-corrected chi connectivity index (χ3v) is 4.10. The smallest absolute Gasteiger partial charge is 0.167 e. The maximum atomic E-state index is 5.48. The molecule has 1 unspecified atom stereocenters. The van der Waals surface area contributed by atoms with Gasteiger partial charge in [0.1, 0.15) is 0 Å². The molecule has 0 bridgehead atoms. The van der Waals surface area contributed by atoms with Gasteiger partial charge in [0.25, 0.3) is 0 Å². The summed E-state index contributed by atoms with van der Waals surface area (Å²) < 4.78 is 5.48. The summed E-state index contributed by atoms with van der Waals surface area (Å²) in [6, 6.07) is 12.2. The van der Waals surface area contributed by atoms with E-state index in [9.17, 15) is 0 Å². The summed E-state index contributed by atoms with van der Waals surface area (Å²) in [6.45, 7) is 4.29. The standard InChI is InChI=1S/C17H23N3O.ClH/c1-18-11-14-6-5-9-20(12-14)13-16-10-17(21-19-16)15-7-3-2-4-8-15;/h2-4,7-8,10,14,18H,5-6,9,11-13H2,1H3;1H. The first-order valence-corrected chi connectivity index (χ1v) is 7.73. The number of nitrogens with one attached hydrogen (secondary N) is 1. The molecule has 1 aliphatic rings. The summed E-state index contributed by atoms with van der Waals surface area (Å²) in [5, 5.41) is 7.51. The van der Waals surface area contributed by atoms with E-state index in [1.807, 2.05) is 37.4 Å². The molecule has 120 valence electrons. The van der Waals surface area contributed by atoms with Crippen LogP contribution in [-0.2, 0) is 6.54 Å². The lowest BCUT2D eigenvalue weighted by Gasteiger charge is -2.31. The van der Waals surface area contributed by atoms with Crippen LogP contribution in [0.25, 0.3) is 11.3 Å². The summed E-state index contributed by atoms with van der Waals surface area (Å²) in [5.41, 5.74) is 2.11. The van der Waals surface area contributed by atoms with Crippen LogP contribution >= 0.6 is 12.4 Å². The highest BCUT2D eigenvalue weighted by Gasteiger charge is 2.20. The molecule has 0 spiro atoms. The largest absolute Gasteiger partial charge is 0.356 e. The summed E-state index contributed by atoms with van der Waals surface area (Å²) >= 11 is 0. The molecule has 1 N–H and O–H groups in total. The first kappa shape index (κ1) is 17.0. The van der Waals surface area contributed by atoms with Crippen molar-refractivity contribution in [2.24, 2.45) is 5.92 Å². The topological polar surface area (TPSA) is 41.3 Å². The molecule has 1 fully saturated rings. The first-order valence-electron chi connectivity index (χ1n) is 7.73. The highest BCUT2D eigenvalue weighted by Crippen LogP contribution is 2.22. The van der Waals surface area contributed by atoms with Crippen LogP contribution < -0.4 is 5.32 Å². The van der Waals surface area contributed by atoms with Gasteiger partial charge in [-0.05, 0) is 38.9 Å². The Morgan fingerprint density at radius 1 is 1.32 bits per heavy atom. The Hall–Kier alpha value is -1.36. The van der Waals surface area contributed by atoms with E-state index in [2.05, 4.69) is 21.4 Å². The van der Waals surface area contributed by atoms with Gasteiger partial charge < -0.3 is 9.84 Å². The zero-order valence-corrected chi connectivity index (χ0v) is 13.8. The van der Waals surface area contributed by atoms with Crippen molar-refractivity contribution in [2.75, 3.05) is 26.7 Å². The molecule has 0 amide bonds. The highest BCUT2D eigenvalue weighted by atomic mass is 35.5. The van der Waals surface area contributed by atoms with Gasteiger partial charge in [0.15, 0.2) is 5.76 Å². The van der Waals surface area contributed by atoms with Gasteiger partial charge in [-0.15, -0.1) is 12.4 Å². The van der Waals surface area contributed by atoms with E-state index in [1.165, 1.54) is 12.8 Å². The molecular formula is C17H24ClN3O. The zero-order chi connectivity index (χ0) is 14.5. The third-order valence-electron chi connectivity index (χ3n) is 4.10. The number of hydrogen-bond donors (Lipinski definition) is 1. The molecule has 4 nitrogen and oxygen atoms in total. The lowest BCUT2D eigenvalue weighted by Crippen LogP contribution is -2.38. The Morgan fingerprint density at radius 3 is 2.91 bits per heavy atom. The van der Waals surface area contributed by atoms with Crippen LogP contribution in [0.4, 0.5) is 0 Å². The molecule has 0 radical (unpaired) electrons. The van der Waals surface area contributed by atoms with Crippen LogP contribution in [0.2, 0.25) is 0 Å². The molecule has 3 rings (SSSR count). The molecule has 1 aromatic heterocycles. The quantitative estimate of drug-likeness (QED) is 0.918. The van der Waals surface area contributed by atoms with E-state index in [-0.39, 0.29) is 12.4 Å². The van der Waals surface area contributed by atoms with Gasteiger partial charge in [-0.25, -0.2) is 0 Å². The van der Waals surface area contributed by atoms with Crippen molar-refractivity contribution >= 4 is 12.4 Å². The number of hydrogen-bond acceptors (Lipinski definition) is 4. The number of nitrogens with zero attached hydrogens (tertiary/aromatic N) is 2. The van der Waals surface area contributed by atoms with Crippen molar-refractivity contribution in [1.29, 1.82) is 0 Å². The lowest BCUT2D eigenvalue weighted by molar-refractivity contribution is 0.163. The van der Waals surface area contributed by atoms with Crippen LogP contribution in [0.5, 0.6) is 0 Å². The van der Waals surface area contributed by atoms with E-state index >= 15 is 0 Å². The first-order chi connectivity index (χ1) is 10.3. The average Bonchev–Trinajstić information content (AvgIpc) is 2.97. The van der Waals surface area contributed by atoms with E-state index in [0.717, 1.165) is 49.1 Å². The Balaban J connectivity index is 0.00000176. The second-order valence-corrected chi connectivity index (χ2v) is 5.85. The number of rotatable bonds is 5. The minimum atomic E-state index is 0. The molecule has 1 aromatic carbocycles. The van der Waals surface area contributed by atoms with Crippen LogP contribution in [0.1, 0.15) is 18.5 Å². The second-order valence-electron chi connectivity index (χ2n) is 5.85. The fourth-order valence-corrected chi connectivity index (χ4v) is 3.10. The van der Waals surface area contributed by atoms with Crippen molar-refractivity contribution in [3.05, 3.63) is 42.1 Å². The van der Waals surface area contributed by atoms with Gasteiger partial charge >= 0.3 is 0 Å². The van der Waals surface area contributed by atoms with Gasteiger partial charge in [0.2, 0.25) is 0 Å². The lowest BCUT2D eigenvalue weighted by atomic mass is 9.98. The van der Waals surface area contributed by atoms with Crippen molar-refractivity contribution in [1.82, 2.24) is 15.4 Å². The van der Waals surface area contributed by atoms with Crippen LogP contribution in [0.15, 0.2) is 40.9 Å².